The van der Waals surface area contributed by atoms with E-state index >= 15 is 0 Å². The predicted octanol–water partition coefficient (Wildman–Crippen LogP) is 1.08. The summed E-state index contributed by atoms with van der Waals surface area (Å²) in [7, 11) is 0.801. The normalized spacial score (nSPS) is 15.1. The number of nitrogens with one attached hydrogen (secondary N) is 1. The first-order valence-electron chi connectivity index (χ1n) is 4.58. The monoisotopic (exact) mass is 248 g/mol. The number of ether oxygens (including phenoxy) is 1. The molecule has 0 fully saturated rings. The zero-order chi connectivity index (χ0) is 13.1. The minimum Gasteiger partial charge on any atom is -0.356 e. The molecule has 0 aromatic heterocycles. The van der Waals surface area contributed by atoms with Gasteiger partial charge in [0.25, 0.3) is 11.5 Å². The highest BCUT2D eigenvalue weighted by molar-refractivity contribution is 5.87. The number of hydrazine groups is 1. The average Bonchev–Trinajstić information content (AvgIpc) is 2.30. The van der Waals surface area contributed by atoms with Crippen LogP contribution in [0, 0.1) is 0 Å². The first-order valence-corrected chi connectivity index (χ1v) is 4.58. The Bertz CT molecular complexity index is 394. The average molecular weight is 248 g/mol. The zero-order valence-corrected chi connectivity index (χ0v) is 8.91. The number of carbonyl (C=O) groups excluding carboxylic acids is 1. The summed E-state index contributed by atoms with van der Waals surface area (Å²) in [6.07, 6.45) is -4.92. The van der Waals surface area contributed by atoms with Crippen LogP contribution >= 0.6 is 0 Å². The van der Waals surface area contributed by atoms with Gasteiger partial charge in [-0.15, -0.1) is 0 Å². The van der Waals surface area contributed by atoms with Crippen molar-refractivity contribution in [3.63, 3.8) is 0 Å². The first kappa shape index (κ1) is 13.5. The van der Waals surface area contributed by atoms with Gasteiger partial charge in [0.2, 0.25) is 0 Å². The molecule has 1 aromatic carbocycles. The summed E-state index contributed by atoms with van der Waals surface area (Å²) in [6.45, 7) is 0. The van der Waals surface area contributed by atoms with Crippen LogP contribution in [0.5, 0.6) is 0 Å². The second kappa shape index (κ2) is 4.72. The van der Waals surface area contributed by atoms with Gasteiger partial charge >= 0.3 is 6.18 Å². The second-order valence-electron chi connectivity index (χ2n) is 3.22. The molecular formula is C10H11F3N2O2. The number of hydrogen-bond donors (Lipinski definition) is 2. The molecule has 0 spiro atoms. The maximum Gasteiger partial charge on any atom is 0.431 e. The van der Waals surface area contributed by atoms with E-state index in [1.54, 1.807) is 0 Å². The number of halogens is 3. The van der Waals surface area contributed by atoms with Crippen molar-refractivity contribution in [2.75, 3.05) is 7.11 Å². The summed E-state index contributed by atoms with van der Waals surface area (Å²) in [5.74, 6) is 3.31. The van der Waals surface area contributed by atoms with E-state index in [2.05, 4.69) is 4.74 Å². The molecule has 0 radical (unpaired) electrons. The molecule has 0 saturated heterocycles. The van der Waals surface area contributed by atoms with Crippen molar-refractivity contribution < 1.29 is 22.7 Å². The maximum absolute atomic E-state index is 13.1. The van der Waals surface area contributed by atoms with Gasteiger partial charge in [0, 0.05) is 12.7 Å². The SMILES string of the molecule is COC(C(=O)NN)(c1ccccc1)C(F)(F)F. The number of nitrogens with two attached hydrogens (primary N) is 1. The van der Waals surface area contributed by atoms with Gasteiger partial charge in [0.15, 0.2) is 0 Å². The topological polar surface area (TPSA) is 64.3 Å². The molecule has 1 unspecified atom stereocenters. The minimum atomic E-state index is -4.92. The Morgan fingerprint density at radius 2 is 1.82 bits per heavy atom. The number of rotatable bonds is 3. The van der Waals surface area contributed by atoms with Gasteiger partial charge in [-0.2, -0.15) is 13.2 Å². The van der Waals surface area contributed by atoms with Crippen LogP contribution in [0.25, 0.3) is 0 Å². The molecule has 1 amide bonds. The van der Waals surface area contributed by atoms with Crippen LogP contribution in [0.15, 0.2) is 30.3 Å². The van der Waals surface area contributed by atoms with Crippen molar-refractivity contribution in [1.82, 2.24) is 5.43 Å². The number of carbonyl (C=O) groups is 1. The van der Waals surface area contributed by atoms with E-state index in [9.17, 15) is 18.0 Å². The Hall–Kier alpha value is -1.60. The van der Waals surface area contributed by atoms with Crippen LogP contribution in [0.2, 0.25) is 0 Å². The van der Waals surface area contributed by atoms with Crippen molar-refractivity contribution in [1.29, 1.82) is 0 Å². The molecule has 0 aliphatic rings. The van der Waals surface area contributed by atoms with Crippen LogP contribution in [0.3, 0.4) is 0 Å². The van der Waals surface area contributed by atoms with Crippen LogP contribution in [0.1, 0.15) is 5.56 Å². The minimum absolute atomic E-state index is 0.335. The van der Waals surface area contributed by atoms with Gasteiger partial charge in [0.05, 0.1) is 0 Å². The van der Waals surface area contributed by atoms with Crippen molar-refractivity contribution in [3.8, 4) is 0 Å². The molecule has 0 aliphatic carbocycles. The standard InChI is InChI=1S/C10H11F3N2O2/c1-17-9(8(16)15-14,10(11,12)13)7-5-3-2-4-6-7/h2-6H,14H2,1H3,(H,15,16). The fourth-order valence-electron chi connectivity index (χ4n) is 1.52. The molecular weight excluding hydrogens is 237 g/mol. The molecule has 0 bridgehead atoms. The summed E-state index contributed by atoms with van der Waals surface area (Å²) >= 11 is 0. The van der Waals surface area contributed by atoms with Crippen LogP contribution in [-0.4, -0.2) is 19.2 Å². The highest BCUT2D eigenvalue weighted by atomic mass is 19.4. The van der Waals surface area contributed by atoms with Crippen molar-refractivity contribution in [2.45, 2.75) is 11.8 Å². The number of benzene rings is 1. The molecule has 4 nitrogen and oxygen atoms in total. The molecule has 3 N–H and O–H groups in total. The van der Waals surface area contributed by atoms with Crippen LogP contribution < -0.4 is 11.3 Å². The van der Waals surface area contributed by atoms with E-state index in [0.717, 1.165) is 19.2 Å². The number of amides is 1. The van der Waals surface area contributed by atoms with Crippen LogP contribution in [0.4, 0.5) is 13.2 Å². The molecule has 17 heavy (non-hydrogen) atoms. The molecule has 0 aliphatic heterocycles. The smallest absolute Gasteiger partial charge is 0.356 e. The lowest BCUT2D eigenvalue weighted by Crippen LogP contribution is -2.57. The zero-order valence-electron chi connectivity index (χ0n) is 8.91. The highest BCUT2D eigenvalue weighted by Gasteiger charge is 2.62. The predicted molar refractivity (Wildman–Crippen MR) is 53.5 cm³/mol. The Balaban J connectivity index is 3.43. The summed E-state index contributed by atoms with van der Waals surface area (Å²) < 4.78 is 43.6. The van der Waals surface area contributed by atoms with Gasteiger partial charge in [-0.1, -0.05) is 30.3 Å². The Kier molecular flexibility index (Phi) is 3.74. The lowest BCUT2D eigenvalue weighted by atomic mass is 9.92. The van der Waals surface area contributed by atoms with Gasteiger partial charge < -0.3 is 4.74 Å². The maximum atomic E-state index is 13.1. The fraction of sp³-hybridized carbons (Fsp3) is 0.300. The fourth-order valence-corrected chi connectivity index (χ4v) is 1.52. The molecule has 0 heterocycles. The molecule has 0 saturated carbocycles. The van der Waals surface area contributed by atoms with Gasteiger partial charge in [-0.25, -0.2) is 5.84 Å². The summed E-state index contributed by atoms with van der Waals surface area (Å²) in [6, 6.07) is 6.57. The second-order valence-corrected chi connectivity index (χ2v) is 3.22. The molecule has 1 rings (SSSR count). The third-order valence-corrected chi connectivity index (χ3v) is 2.34. The van der Waals surface area contributed by atoms with E-state index in [-0.39, 0.29) is 5.56 Å². The first-order chi connectivity index (χ1) is 7.90. The van der Waals surface area contributed by atoms with Gasteiger partial charge in [-0.05, 0) is 0 Å². The lowest BCUT2D eigenvalue weighted by molar-refractivity contribution is -0.265. The number of hydrogen-bond acceptors (Lipinski definition) is 3. The lowest BCUT2D eigenvalue weighted by Gasteiger charge is -2.32. The van der Waals surface area contributed by atoms with Gasteiger partial charge in [-0.3, -0.25) is 10.2 Å². The highest BCUT2D eigenvalue weighted by Crippen LogP contribution is 2.41. The van der Waals surface area contributed by atoms with Crippen molar-refractivity contribution in [2.24, 2.45) is 5.84 Å². The third-order valence-electron chi connectivity index (χ3n) is 2.34. The van der Waals surface area contributed by atoms with Gasteiger partial charge in [0.1, 0.15) is 0 Å². The number of methoxy groups -OCH3 is 1. The molecule has 94 valence electrons. The summed E-state index contributed by atoms with van der Waals surface area (Å²) in [5.41, 5.74) is -1.95. The summed E-state index contributed by atoms with van der Waals surface area (Å²) in [4.78, 5) is 11.4. The van der Waals surface area contributed by atoms with E-state index in [0.29, 0.717) is 0 Å². The van der Waals surface area contributed by atoms with Crippen molar-refractivity contribution >= 4 is 5.91 Å². The largest absolute Gasteiger partial charge is 0.431 e. The van der Waals surface area contributed by atoms with E-state index in [1.165, 1.54) is 23.6 Å². The number of alkyl halides is 3. The molecule has 7 heteroatoms. The quantitative estimate of drug-likeness (QED) is 0.478. The third kappa shape index (κ3) is 2.11. The Morgan fingerprint density at radius 1 is 1.29 bits per heavy atom. The summed E-state index contributed by atoms with van der Waals surface area (Å²) in [5, 5.41) is 0. The Morgan fingerprint density at radius 3 is 2.18 bits per heavy atom. The van der Waals surface area contributed by atoms with Crippen molar-refractivity contribution in [3.05, 3.63) is 35.9 Å². The van der Waals surface area contributed by atoms with E-state index < -0.39 is 17.7 Å². The van der Waals surface area contributed by atoms with Crippen LogP contribution in [-0.2, 0) is 15.1 Å². The van der Waals surface area contributed by atoms with E-state index in [1.807, 2.05) is 0 Å². The molecule has 1 aromatic rings. The van der Waals surface area contributed by atoms with E-state index in [4.69, 9.17) is 5.84 Å². The Labute approximate surface area is 95.5 Å². The molecule has 1 atom stereocenters.